The lowest BCUT2D eigenvalue weighted by atomic mass is 10.0. The highest BCUT2D eigenvalue weighted by atomic mass is 16.6. The molecule has 1 amide bonds. The lowest BCUT2D eigenvalue weighted by Gasteiger charge is -2.33. The van der Waals surface area contributed by atoms with Gasteiger partial charge in [0.05, 0.1) is 37.1 Å². The van der Waals surface area contributed by atoms with E-state index in [1.807, 2.05) is 19.1 Å². The van der Waals surface area contributed by atoms with Crippen LogP contribution in [0.1, 0.15) is 18.5 Å². The Balaban J connectivity index is 1.28. The van der Waals surface area contributed by atoms with Crippen molar-refractivity contribution in [2.24, 2.45) is 0 Å². The highest BCUT2D eigenvalue weighted by molar-refractivity contribution is 5.83. The molecule has 2 N–H and O–H groups in total. The SMILES string of the molecule is C[C@H](NC(=O)C[NH+]1CCN(c2ccc([N+](=O)[O-])cc2)CC1)c1ccc2ccccc2c1. The summed E-state index contributed by atoms with van der Waals surface area (Å²) in [6.45, 7) is 5.82. The number of quaternary nitrogens is 1. The molecule has 1 fully saturated rings. The normalized spacial score (nSPS) is 15.6. The second kappa shape index (κ2) is 9.14. The van der Waals surface area contributed by atoms with Crippen LogP contribution in [0, 0.1) is 10.1 Å². The van der Waals surface area contributed by atoms with Crippen molar-refractivity contribution in [3.05, 3.63) is 82.4 Å². The molecule has 1 atom stereocenters. The number of carbonyl (C=O) groups is 1. The lowest BCUT2D eigenvalue weighted by molar-refractivity contribution is -0.892. The Hall–Kier alpha value is -3.45. The third-order valence-corrected chi connectivity index (χ3v) is 5.96. The molecule has 0 saturated carbocycles. The maximum Gasteiger partial charge on any atom is 0.275 e. The van der Waals surface area contributed by atoms with Gasteiger partial charge in [-0.05, 0) is 41.5 Å². The average molecular weight is 420 g/mol. The minimum atomic E-state index is -0.386. The van der Waals surface area contributed by atoms with Crippen LogP contribution in [0.25, 0.3) is 10.8 Å². The van der Waals surface area contributed by atoms with Crippen LogP contribution in [0.15, 0.2) is 66.7 Å². The number of rotatable bonds is 6. The van der Waals surface area contributed by atoms with Crippen LogP contribution in [0.2, 0.25) is 0 Å². The summed E-state index contributed by atoms with van der Waals surface area (Å²) in [5.41, 5.74) is 2.19. The van der Waals surface area contributed by atoms with Gasteiger partial charge in [-0.25, -0.2) is 0 Å². The quantitative estimate of drug-likeness (QED) is 0.475. The second-order valence-corrected chi connectivity index (χ2v) is 8.08. The minimum absolute atomic E-state index is 0.0436. The molecule has 1 saturated heterocycles. The molecule has 4 rings (SSSR count). The van der Waals surface area contributed by atoms with Crippen LogP contribution in [0.5, 0.6) is 0 Å². The zero-order chi connectivity index (χ0) is 21.8. The van der Waals surface area contributed by atoms with E-state index in [-0.39, 0.29) is 22.6 Å². The van der Waals surface area contributed by atoms with Gasteiger partial charge in [0.2, 0.25) is 0 Å². The average Bonchev–Trinajstić information content (AvgIpc) is 2.79. The number of nitrogens with zero attached hydrogens (tertiary/aromatic N) is 2. The molecule has 0 aromatic heterocycles. The van der Waals surface area contributed by atoms with Crippen molar-refractivity contribution in [3.63, 3.8) is 0 Å². The number of nitrogens with one attached hydrogen (secondary N) is 2. The van der Waals surface area contributed by atoms with Gasteiger partial charge in [0.25, 0.3) is 11.6 Å². The van der Waals surface area contributed by atoms with Gasteiger partial charge in [-0.1, -0.05) is 36.4 Å². The molecule has 1 aliphatic rings. The van der Waals surface area contributed by atoms with Crippen molar-refractivity contribution < 1.29 is 14.6 Å². The van der Waals surface area contributed by atoms with E-state index >= 15 is 0 Å². The van der Waals surface area contributed by atoms with Crippen molar-refractivity contribution in [3.8, 4) is 0 Å². The number of fused-ring (bicyclic) bond motifs is 1. The molecule has 1 aliphatic heterocycles. The number of nitro benzene ring substituents is 1. The molecule has 0 spiro atoms. The Labute approximate surface area is 181 Å². The first kappa shape index (κ1) is 20.8. The van der Waals surface area contributed by atoms with E-state index in [2.05, 4.69) is 40.5 Å². The first-order valence-electron chi connectivity index (χ1n) is 10.6. The fraction of sp³-hybridized carbons (Fsp3) is 0.292. The standard InChI is InChI=1S/C24H26N4O3/c1-18(20-7-6-19-4-2-3-5-21(19)16-20)25-24(29)17-26-12-14-27(15-13-26)22-8-10-23(11-9-22)28(30)31/h2-11,16,18H,12-15,17H2,1H3,(H,25,29)/p+1/t18-/m0/s1. The van der Waals surface area contributed by atoms with Gasteiger partial charge < -0.3 is 15.1 Å². The Morgan fingerprint density at radius 3 is 2.42 bits per heavy atom. The molecule has 7 heteroatoms. The molecule has 1 heterocycles. The van der Waals surface area contributed by atoms with Crippen LogP contribution in [-0.4, -0.2) is 43.6 Å². The summed E-state index contributed by atoms with van der Waals surface area (Å²) in [6, 6.07) is 21.1. The Morgan fingerprint density at radius 2 is 1.74 bits per heavy atom. The second-order valence-electron chi connectivity index (χ2n) is 8.08. The summed E-state index contributed by atoms with van der Waals surface area (Å²) in [5.74, 6) is 0.0550. The van der Waals surface area contributed by atoms with Gasteiger partial charge in [0.15, 0.2) is 6.54 Å². The Kier molecular flexibility index (Phi) is 6.13. The Bertz CT molecular complexity index is 1080. The van der Waals surface area contributed by atoms with Gasteiger partial charge in [-0.15, -0.1) is 0 Å². The van der Waals surface area contributed by atoms with Gasteiger partial charge >= 0.3 is 0 Å². The molecule has 31 heavy (non-hydrogen) atoms. The number of carbonyl (C=O) groups excluding carboxylic acids is 1. The highest BCUT2D eigenvalue weighted by Crippen LogP contribution is 2.20. The number of piperazine rings is 1. The van der Waals surface area contributed by atoms with E-state index in [9.17, 15) is 14.9 Å². The van der Waals surface area contributed by atoms with E-state index in [0.717, 1.165) is 37.4 Å². The van der Waals surface area contributed by atoms with Gasteiger partial charge in [-0.2, -0.15) is 0 Å². The molecule has 0 unspecified atom stereocenters. The number of hydrogen-bond donors (Lipinski definition) is 2. The number of non-ortho nitro benzene ring substituents is 1. The van der Waals surface area contributed by atoms with Crippen molar-refractivity contribution in [2.75, 3.05) is 37.6 Å². The third-order valence-electron chi connectivity index (χ3n) is 5.96. The highest BCUT2D eigenvalue weighted by Gasteiger charge is 2.23. The maximum atomic E-state index is 12.6. The van der Waals surface area contributed by atoms with Crippen molar-refractivity contribution in [1.82, 2.24) is 5.32 Å². The minimum Gasteiger partial charge on any atom is -0.360 e. The topological polar surface area (TPSA) is 79.9 Å². The monoisotopic (exact) mass is 419 g/mol. The first-order valence-corrected chi connectivity index (χ1v) is 10.6. The van der Waals surface area contributed by atoms with Crippen molar-refractivity contribution in [2.45, 2.75) is 13.0 Å². The summed E-state index contributed by atoms with van der Waals surface area (Å²) in [5, 5.41) is 16.3. The molecule has 0 bridgehead atoms. The van der Waals surface area contributed by atoms with Gasteiger partial charge in [0, 0.05) is 17.8 Å². The van der Waals surface area contributed by atoms with Crippen molar-refractivity contribution in [1.29, 1.82) is 0 Å². The molecular formula is C24H27N4O3+. The summed E-state index contributed by atoms with van der Waals surface area (Å²) in [6.07, 6.45) is 0. The van der Waals surface area contributed by atoms with Crippen molar-refractivity contribution >= 4 is 28.1 Å². The predicted octanol–water partition coefficient (Wildman–Crippen LogP) is 2.33. The summed E-state index contributed by atoms with van der Waals surface area (Å²) < 4.78 is 0. The number of hydrogen-bond acceptors (Lipinski definition) is 4. The van der Waals surface area contributed by atoms with Gasteiger partial charge in [0.1, 0.15) is 0 Å². The molecule has 0 aliphatic carbocycles. The molecular weight excluding hydrogens is 392 g/mol. The molecule has 7 nitrogen and oxygen atoms in total. The number of amides is 1. The zero-order valence-electron chi connectivity index (χ0n) is 17.6. The van der Waals surface area contributed by atoms with Crippen LogP contribution in [-0.2, 0) is 4.79 Å². The van der Waals surface area contributed by atoms with Crippen LogP contribution < -0.4 is 15.1 Å². The van der Waals surface area contributed by atoms with Crippen LogP contribution in [0.4, 0.5) is 11.4 Å². The Morgan fingerprint density at radius 1 is 1.06 bits per heavy atom. The molecule has 160 valence electrons. The van der Waals surface area contributed by atoms with E-state index in [4.69, 9.17) is 0 Å². The third kappa shape index (κ3) is 5.00. The number of anilines is 1. The van der Waals surface area contributed by atoms with E-state index in [1.54, 1.807) is 12.1 Å². The fourth-order valence-electron chi connectivity index (χ4n) is 4.12. The van der Waals surface area contributed by atoms with E-state index < -0.39 is 0 Å². The zero-order valence-corrected chi connectivity index (χ0v) is 17.6. The first-order chi connectivity index (χ1) is 15.0. The largest absolute Gasteiger partial charge is 0.360 e. The predicted molar refractivity (Wildman–Crippen MR) is 121 cm³/mol. The summed E-state index contributed by atoms with van der Waals surface area (Å²) >= 11 is 0. The fourth-order valence-corrected chi connectivity index (χ4v) is 4.12. The number of nitro groups is 1. The van der Waals surface area contributed by atoms with E-state index in [1.165, 1.54) is 27.8 Å². The summed E-state index contributed by atoms with van der Waals surface area (Å²) in [7, 11) is 0. The lowest BCUT2D eigenvalue weighted by Crippen LogP contribution is -3.15. The van der Waals surface area contributed by atoms with Crippen LogP contribution >= 0.6 is 0 Å². The van der Waals surface area contributed by atoms with E-state index in [0.29, 0.717) is 6.54 Å². The smallest absolute Gasteiger partial charge is 0.275 e. The maximum absolute atomic E-state index is 12.6. The molecule has 3 aromatic rings. The molecule has 0 radical (unpaired) electrons. The summed E-state index contributed by atoms with van der Waals surface area (Å²) in [4.78, 5) is 26.5. The van der Waals surface area contributed by atoms with Crippen LogP contribution in [0.3, 0.4) is 0 Å². The molecule has 3 aromatic carbocycles. The number of benzene rings is 3. The van der Waals surface area contributed by atoms with Gasteiger partial charge in [-0.3, -0.25) is 14.9 Å².